The van der Waals surface area contributed by atoms with Crippen molar-refractivity contribution in [1.82, 2.24) is 10.1 Å². The summed E-state index contributed by atoms with van der Waals surface area (Å²) in [5.74, 6) is 2.12. The maximum Gasteiger partial charge on any atom is 0.226 e. The van der Waals surface area contributed by atoms with Gasteiger partial charge in [0.15, 0.2) is 17.3 Å². The predicted octanol–water partition coefficient (Wildman–Crippen LogP) is 2.10. The van der Waals surface area contributed by atoms with Crippen LogP contribution in [0.4, 0.5) is 0 Å². The lowest BCUT2D eigenvalue weighted by molar-refractivity contribution is 0.171. The van der Waals surface area contributed by atoms with E-state index in [9.17, 15) is 0 Å². The summed E-state index contributed by atoms with van der Waals surface area (Å²) >= 11 is 6.19. The van der Waals surface area contributed by atoms with Gasteiger partial charge < -0.3 is 19.7 Å². The molecule has 106 valence electrons. The Labute approximate surface area is 120 Å². The summed E-state index contributed by atoms with van der Waals surface area (Å²) in [6.45, 7) is 2.91. The van der Waals surface area contributed by atoms with Gasteiger partial charge in [-0.05, 0) is 17.7 Å². The smallest absolute Gasteiger partial charge is 0.226 e. The molecule has 0 saturated heterocycles. The van der Waals surface area contributed by atoms with Gasteiger partial charge >= 0.3 is 0 Å². The van der Waals surface area contributed by atoms with Crippen LogP contribution in [0.15, 0.2) is 16.7 Å². The number of aryl methyl sites for hydroxylation is 1. The van der Waals surface area contributed by atoms with E-state index < -0.39 is 6.04 Å². The van der Waals surface area contributed by atoms with Crippen LogP contribution in [-0.2, 0) is 6.42 Å². The van der Waals surface area contributed by atoms with Crippen molar-refractivity contribution >= 4 is 11.6 Å². The fraction of sp³-hybridized carbons (Fsp3) is 0.385. The minimum atomic E-state index is -0.521. The van der Waals surface area contributed by atoms with E-state index in [1.54, 1.807) is 12.1 Å². The molecule has 0 bridgehead atoms. The van der Waals surface area contributed by atoms with Crippen molar-refractivity contribution in [1.29, 1.82) is 0 Å². The first-order valence-corrected chi connectivity index (χ1v) is 6.74. The Bertz CT molecular complexity index is 629. The van der Waals surface area contributed by atoms with E-state index in [1.807, 2.05) is 6.92 Å². The van der Waals surface area contributed by atoms with Crippen molar-refractivity contribution < 1.29 is 14.0 Å². The van der Waals surface area contributed by atoms with E-state index in [-0.39, 0.29) is 0 Å². The maximum atomic E-state index is 6.19. The molecule has 1 aromatic heterocycles. The summed E-state index contributed by atoms with van der Waals surface area (Å²) in [6.07, 6.45) is 0.668. The molecule has 0 amide bonds. The minimum absolute atomic E-state index is 0.426. The average molecular weight is 296 g/mol. The number of halogens is 1. The number of nitrogens with zero attached hydrogens (tertiary/aromatic N) is 2. The molecular weight excluding hydrogens is 282 g/mol. The van der Waals surface area contributed by atoms with Gasteiger partial charge in [-0.25, -0.2) is 0 Å². The third-order valence-electron chi connectivity index (χ3n) is 3.04. The molecule has 0 fully saturated rings. The zero-order valence-electron chi connectivity index (χ0n) is 10.9. The molecule has 0 spiro atoms. The van der Waals surface area contributed by atoms with Crippen LogP contribution in [0.3, 0.4) is 0 Å². The average Bonchev–Trinajstić information content (AvgIpc) is 2.95. The van der Waals surface area contributed by atoms with E-state index in [4.69, 9.17) is 31.3 Å². The number of aromatic nitrogens is 2. The number of nitrogens with two attached hydrogens (primary N) is 1. The van der Waals surface area contributed by atoms with Crippen molar-refractivity contribution in [3.63, 3.8) is 0 Å². The first kappa shape index (κ1) is 13.2. The van der Waals surface area contributed by atoms with Gasteiger partial charge in [-0.1, -0.05) is 23.7 Å². The van der Waals surface area contributed by atoms with Crippen molar-refractivity contribution in [2.24, 2.45) is 5.73 Å². The second-order valence-electron chi connectivity index (χ2n) is 4.40. The van der Waals surface area contributed by atoms with Gasteiger partial charge in [0.05, 0.1) is 11.1 Å². The first-order chi connectivity index (χ1) is 9.69. The van der Waals surface area contributed by atoms with Gasteiger partial charge in [-0.2, -0.15) is 4.98 Å². The van der Waals surface area contributed by atoms with Crippen molar-refractivity contribution in [3.8, 4) is 11.5 Å². The first-order valence-electron chi connectivity index (χ1n) is 6.36. The van der Waals surface area contributed by atoms with Crippen molar-refractivity contribution in [2.75, 3.05) is 13.2 Å². The fourth-order valence-electron chi connectivity index (χ4n) is 2.00. The molecule has 7 heteroatoms. The Morgan fingerprint density at radius 2 is 2.15 bits per heavy atom. The highest BCUT2D eigenvalue weighted by Gasteiger charge is 2.22. The highest BCUT2D eigenvalue weighted by molar-refractivity contribution is 6.32. The van der Waals surface area contributed by atoms with Crippen molar-refractivity contribution in [3.05, 3.63) is 34.4 Å². The number of benzene rings is 1. The third kappa shape index (κ3) is 2.32. The summed E-state index contributed by atoms with van der Waals surface area (Å²) in [6, 6.07) is 3.02. The lowest BCUT2D eigenvalue weighted by Crippen LogP contribution is -2.18. The molecule has 1 aromatic carbocycles. The SMILES string of the molecule is CCc1nc(C(N)c2cc(Cl)c3c(c2)OCCO3)no1. The monoisotopic (exact) mass is 295 g/mol. The van der Waals surface area contributed by atoms with Gasteiger partial charge in [0.2, 0.25) is 5.89 Å². The lowest BCUT2D eigenvalue weighted by atomic mass is 10.1. The Morgan fingerprint density at radius 1 is 1.35 bits per heavy atom. The molecule has 1 aliphatic heterocycles. The molecule has 0 radical (unpaired) electrons. The summed E-state index contributed by atoms with van der Waals surface area (Å²) in [4.78, 5) is 4.23. The van der Waals surface area contributed by atoms with Crippen LogP contribution in [0.5, 0.6) is 11.5 Å². The van der Waals surface area contributed by atoms with Crippen LogP contribution < -0.4 is 15.2 Å². The highest BCUT2D eigenvalue weighted by atomic mass is 35.5. The molecule has 1 unspecified atom stereocenters. The Morgan fingerprint density at radius 3 is 2.90 bits per heavy atom. The van der Waals surface area contributed by atoms with Crippen molar-refractivity contribution in [2.45, 2.75) is 19.4 Å². The summed E-state index contributed by atoms with van der Waals surface area (Å²) in [5, 5.41) is 4.34. The highest BCUT2D eigenvalue weighted by Crippen LogP contribution is 2.39. The third-order valence-corrected chi connectivity index (χ3v) is 3.32. The van der Waals surface area contributed by atoms with Crippen LogP contribution in [0.25, 0.3) is 0 Å². The molecule has 0 aliphatic carbocycles. The molecule has 1 aliphatic rings. The van der Waals surface area contributed by atoms with Gasteiger partial charge in [0, 0.05) is 6.42 Å². The van der Waals surface area contributed by atoms with Gasteiger partial charge in [-0.3, -0.25) is 0 Å². The van der Waals surface area contributed by atoms with E-state index in [0.29, 0.717) is 47.9 Å². The molecule has 2 heterocycles. The van der Waals surface area contributed by atoms with E-state index in [0.717, 1.165) is 5.56 Å². The second-order valence-corrected chi connectivity index (χ2v) is 4.81. The summed E-state index contributed by atoms with van der Waals surface area (Å²) < 4.78 is 16.1. The maximum absolute atomic E-state index is 6.19. The van der Waals surface area contributed by atoms with Crippen LogP contribution in [0.2, 0.25) is 5.02 Å². The topological polar surface area (TPSA) is 83.4 Å². The largest absolute Gasteiger partial charge is 0.486 e. The number of rotatable bonds is 3. The van der Waals surface area contributed by atoms with Crippen LogP contribution in [0, 0.1) is 0 Å². The molecule has 1 atom stereocenters. The molecule has 3 rings (SSSR count). The van der Waals surface area contributed by atoms with Gasteiger partial charge in [0.1, 0.15) is 13.2 Å². The number of ether oxygens (including phenoxy) is 2. The fourth-order valence-corrected chi connectivity index (χ4v) is 2.27. The quantitative estimate of drug-likeness (QED) is 0.933. The van der Waals surface area contributed by atoms with E-state index >= 15 is 0 Å². The number of hydrogen-bond donors (Lipinski definition) is 1. The summed E-state index contributed by atoms with van der Waals surface area (Å²) in [5.41, 5.74) is 6.90. The molecule has 6 nitrogen and oxygen atoms in total. The molecule has 2 aromatic rings. The predicted molar refractivity (Wildman–Crippen MR) is 72.1 cm³/mol. The molecule has 0 saturated carbocycles. The van der Waals surface area contributed by atoms with Crippen LogP contribution in [0.1, 0.15) is 30.2 Å². The van der Waals surface area contributed by atoms with Crippen LogP contribution >= 0.6 is 11.6 Å². The van der Waals surface area contributed by atoms with Crippen LogP contribution in [-0.4, -0.2) is 23.4 Å². The Kier molecular flexibility index (Phi) is 3.50. The normalized spacial score (nSPS) is 15.2. The number of hydrogen-bond acceptors (Lipinski definition) is 6. The zero-order chi connectivity index (χ0) is 14.1. The zero-order valence-corrected chi connectivity index (χ0v) is 11.7. The molecule has 20 heavy (non-hydrogen) atoms. The minimum Gasteiger partial charge on any atom is -0.486 e. The summed E-state index contributed by atoms with van der Waals surface area (Å²) in [7, 11) is 0. The number of fused-ring (bicyclic) bond motifs is 1. The molecule has 2 N–H and O–H groups in total. The second kappa shape index (κ2) is 5.30. The standard InChI is InChI=1S/C13H14ClN3O3/c1-2-10-16-13(17-20-10)11(15)7-5-8(14)12-9(6-7)18-3-4-19-12/h5-6,11H,2-4,15H2,1H3. The van der Waals surface area contributed by atoms with Gasteiger partial charge in [-0.15, -0.1) is 0 Å². The Balaban J connectivity index is 1.95. The van der Waals surface area contributed by atoms with E-state index in [2.05, 4.69) is 10.1 Å². The lowest BCUT2D eigenvalue weighted by Gasteiger charge is -2.21. The van der Waals surface area contributed by atoms with E-state index in [1.165, 1.54) is 0 Å². The van der Waals surface area contributed by atoms with Gasteiger partial charge in [0.25, 0.3) is 0 Å². The Hall–Kier alpha value is -1.79. The molecular formula is C13H14ClN3O3.